The molecule has 0 amide bonds. The molecule has 144 valence electrons. The Morgan fingerprint density at radius 2 is 2.04 bits per heavy atom. The molecule has 5 heteroatoms. The number of hydrogen-bond donors (Lipinski definition) is 1. The van der Waals surface area contributed by atoms with Crippen molar-refractivity contribution in [2.45, 2.75) is 46.5 Å². The first-order valence-corrected chi connectivity index (χ1v) is 9.32. The predicted octanol–water partition coefficient (Wildman–Crippen LogP) is 3.86. The predicted molar refractivity (Wildman–Crippen MR) is 103 cm³/mol. The zero-order chi connectivity index (χ0) is 19.8. The minimum absolute atomic E-state index is 0.0782. The molecule has 0 bridgehead atoms. The Labute approximate surface area is 160 Å². The first-order valence-electron chi connectivity index (χ1n) is 9.32. The van der Waals surface area contributed by atoms with Gasteiger partial charge >= 0.3 is 5.97 Å². The zero-order valence-corrected chi connectivity index (χ0v) is 16.6. The maximum atomic E-state index is 13.1. The van der Waals surface area contributed by atoms with Gasteiger partial charge in [-0.2, -0.15) is 0 Å². The van der Waals surface area contributed by atoms with E-state index in [0.29, 0.717) is 24.2 Å². The average Bonchev–Trinajstić information content (AvgIpc) is 2.59. The van der Waals surface area contributed by atoms with E-state index in [1.807, 2.05) is 38.1 Å². The fraction of sp³-hybridized carbons (Fsp3) is 0.455. The van der Waals surface area contributed by atoms with Crippen LogP contribution in [0.2, 0.25) is 0 Å². The maximum Gasteiger partial charge on any atom is 0.336 e. The van der Waals surface area contributed by atoms with Crippen molar-refractivity contribution >= 4 is 11.8 Å². The summed E-state index contributed by atoms with van der Waals surface area (Å²) < 4.78 is 10.7. The van der Waals surface area contributed by atoms with Crippen LogP contribution >= 0.6 is 0 Å². The van der Waals surface area contributed by atoms with E-state index in [0.717, 1.165) is 29.1 Å². The highest BCUT2D eigenvalue weighted by Gasteiger charge is 2.43. The first kappa shape index (κ1) is 19.2. The zero-order valence-electron chi connectivity index (χ0n) is 16.6. The van der Waals surface area contributed by atoms with Crippen LogP contribution in [0.15, 0.2) is 46.8 Å². The standard InChI is InChI=1S/C22H27NO4/c1-6-27-15-9-7-8-14(10-15)19-18(21(25)26-5)13(2)23-16-11-22(3,4)12-17(24)20(16)19/h7-10,19,23H,6,11-12H2,1-5H3/t19-/m0/s1. The Kier molecular flexibility index (Phi) is 5.13. The smallest absolute Gasteiger partial charge is 0.336 e. The van der Waals surface area contributed by atoms with Gasteiger partial charge in [-0.1, -0.05) is 26.0 Å². The third kappa shape index (κ3) is 3.64. The van der Waals surface area contributed by atoms with Crippen molar-refractivity contribution < 1.29 is 19.1 Å². The number of carbonyl (C=O) groups excluding carboxylic acids is 2. The molecule has 1 heterocycles. The van der Waals surface area contributed by atoms with E-state index in [1.54, 1.807) is 0 Å². The Morgan fingerprint density at radius 3 is 2.70 bits per heavy atom. The van der Waals surface area contributed by atoms with Gasteiger partial charge in [-0.05, 0) is 43.4 Å². The molecule has 0 spiro atoms. The van der Waals surface area contributed by atoms with Gasteiger partial charge in [0.05, 0.1) is 19.3 Å². The quantitative estimate of drug-likeness (QED) is 0.817. The number of ketones is 1. The van der Waals surface area contributed by atoms with E-state index in [-0.39, 0.29) is 11.2 Å². The van der Waals surface area contributed by atoms with Crippen LogP contribution in [0.5, 0.6) is 5.75 Å². The Balaban J connectivity index is 2.18. The molecule has 0 aromatic heterocycles. The number of carbonyl (C=O) groups is 2. The summed E-state index contributed by atoms with van der Waals surface area (Å²) in [5, 5.41) is 3.32. The van der Waals surface area contributed by atoms with Crippen LogP contribution in [0.4, 0.5) is 0 Å². The van der Waals surface area contributed by atoms with Crippen molar-refractivity contribution in [2.24, 2.45) is 5.41 Å². The molecule has 0 fully saturated rings. The summed E-state index contributed by atoms with van der Waals surface area (Å²) in [7, 11) is 1.37. The van der Waals surface area contributed by atoms with Crippen molar-refractivity contribution in [3.63, 3.8) is 0 Å². The molecule has 27 heavy (non-hydrogen) atoms. The Bertz CT molecular complexity index is 848. The average molecular weight is 369 g/mol. The number of benzene rings is 1. The molecule has 0 radical (unpaired) electrons. The molecule has 5 nitrogen and oxygen atoms in total. The van der Waals surface area contributed by atoms with Gasteiger partial charge in [0.2, 0.25) is 0 Å². The van der Waals surface area contributed by atoms with Gasteiger partial charge < -0.3 is 14.8 Å². The van der Waals surface area contributed by atoms with E-state index >= 15 is 0 Å². The van der Waals surface area contributed by atoms with Crippen LogP contribution in [0, 0.1) is 5.41 Å². The summed E-state index contributed by atoms with van der Waals surface area (Å²) in [4.78, 5) is 25.7. The van der Waals surface area contributed by atoms with Gasteiger partial charge in [0.15, 0.2) is 5.78 Å². The number of dihydropyridines is 1. The number of ether oxygens (including phenoxy) is 2. The second-order valence-electron chi connectivity index (χ2n) is 7.93. The highest BCUT2D eigenvalue weighted by atomic mass is 16.5. The van der Waals surface area contributed by atoms with Gasteiger partial charge in [0.1, 0.15) is 5.75 Å². The molecule has 1 N–H and O–H groups in total. The molecule has 0 saturated heterocycles. The van der Waals surface area contributed by atoms with Crippen LogP contribution in [0.1, 0.15) is 52.0 Å². The van der Waals surface area contributed by atoms with Gasteiger partial charge in [-0.3, -0.25) is 4.79 Å². The van der Waals surface area contributed by atoms with E-state index < -0.39 is 11.9 Å². The van der Waals surface area contributed by atoms with Gasteiger partial charge in [0.25, 0.3) is 0 Å². The van der Waals surface area contributed by atoms with Crippen molar-refractivity contribution in [3.05, 3.63) is 52.4 Å². The lowest BCUT2D eigenvalue weighted by Crippen LogP contribution is -2.38. The number of allylic oxidation sites excluding steroid dienone is 3. The summed E-state index contributed by atoms with van der Waals surface area (Å²) in [6.45, 7) is 8.53. The SMILES string of the molecule is CCOc1cccc([C@H]2C(C(=O)OC)=C(C)NC3=C2C(=O)CC(C)(C)C3)c1. The molecule has 0 unspecified atom stereocenters. The van der Waals surface area contributed by atoms with Crippen molar-refractivity contribution in [1.29, 1.82) is 0 Å². The highest BCUT2D eigenvalue weighted by molar-refractivity contribution is 6.04. The second-order valence-corrected chi connectivity index (χ2v) is 7.93. The third-order valence-electron chi connectivity index (χ3n) is 5.15. The minimum Gasteiger partial charge on any atom is -0.494 e. The number of esters is 1. The summed E-state index contributed by atoms with van der Waals surface area (Å²) in [6, 6.07) is 7.62. The van der Waals surface area contributed by atoms with E-state index in [9.17, 15) is 9.59 Å². The van der Waals surface area contributed by atoms with Gasteiger partial charge in [0, 0.05) is 29.3 Å². The molecule has 1 aromatic carbocycles. The number of methoxy groups -OCH3 is 1. The molecular weight excluding hydrogens is 342 g/mol. The fourth-order valence-corrected chi connectivity index (χ4v) is 4.10. The largest absolute Gasteiger partial charge is 0.494 e. The van der Waals surface area contributed by atoms with Gasteiger partial charge in [-0.15, -0.1) is 0 Å². The van der Waals surface area contributed by atoms with E-state index in [1.165, 1.54) is 7.11 Å². The van der Waals surface area contributed by atoms with Crippen molar-refractivity contribution in [1.82, 2.24) is 5.32 Å². The van der Waals surface area contributed by atoms with Crippen LogP contribution < -0.4 is 10.1 Å². The molecule has 3 rings (SSSR count). The monoisotopic (exact) mass is 369 g/mol. The Morgan fingerprint density at radius 1 is 1.30 bits per heavy atom. The number of hydrogen-bond acceptors (Lipinski definition) is 5. The summed E-state index contributed by atoms with van der Waals surface area (Å²) in [5.74, 6) is -0.0655. The van der Waals surface area contributed by atoms with Gasteiger partial charge in [-0.25, -0.2) is 4.79 Å². The summed E-state index contributed by atoms with van der Waals surface area (Å²) >= 11 is 0. The topological polar surface area (TPSA) is 64.6 Å². The molecule has 1 atom stereocenters. The summed E-state index contributed by atoms with van der Waals surface area (Å²) in [6.07, 6.45) is 1.23. The van der Waals surface area contributed by atoms with Crippen LogP contribution in [0.25, 0.3) is 0 Å². The lowest BCUT2D eigenvalue weighted by molar-refractivity contribution is -0.136. The number of nitrogens with one attached hydrogen (secondary N) is 1. The molecule has 2 aliphatic rings. The van der Waals surface area contributed by atoms with Crippen LogP contribution in [-0.4, -0.2) is 25.5 Å². The number of Topliss-reactive ketones (excluding diaryl/α,β-unsaturated/α-hetero) is 1. The fourth-order valence-electron chi connectivity index (χ4n) is 4.10. The number of rotatable bonds is 4. The lowest BCUT2D eigenvalue weighted by Gasteiger charge is -2.39. The van der Waals surface area contributed by atoms with Crippen LogP contribution in [-0.2, 0) is 14.3 Å². The highest BCUT2D eigenvalue weighted by Crippen LogP contribution is 2.47. The molecule has 1 aromatic rings. The second kappa shape index (κ2) is 7.22. The van der Waals surface area contributed by atoms with Crippen molar-refractivity contribution in [2.75, 3.05) is 13.7 Å². The molecule has 1 aliphatic heterocycles. The van der Waals surface area contributed by atoms with E-state index in [2.05, 4.69) is 19.2 Å². The summed E-state index contributed by atoms with van der Waals surface area (Å²) in [5.41, 5.74) is 3.56. The Hall–Kier alpha value is -2.56. The maximum absolute atomic E-state index is 13.1. The minimum atomic E-state index is -0.447. The lowest BCUT2D eigenvalue weighted by atomic mass is 9.68. The third-order valence-corrected chi connectivity index (χ3v) is 5.15. The molecular formula is C22H27NO4. The van der Waals surface area contributed by atoms with Crippen molar-refractivity contribution in [3.8, 4) is 5.75 Å². The molecule has 0 saturated carbocycles. The molecule has 1 aliphatic carbocycles. The first-order chi connectivity index (χ1) is 12.8. The normalized spacial score (nSPS) is 21.5. The van der Waals surface area contributed by atoms with Crippen LogP contribution in [0.3, 0.4) is 0 Å². The van der Waals surface area contributed by atoms with E-state index in [4.69, 9.17) is 9.47 Å².